The molecule has 2 rings (SSSR count). The van der Waals surface area contributed by atoms with Crippen LogP contribution in [0.4, 0.5) is 0 Å². The molecule has 3 unspecified atom stereocenters. The van der Waals surface area contributed by atoms with Crippen molar-refractivity contribution >= 4 is 17.7 Å². The van der Waals surface area contributed by atoms with Crippen molar-refractivity contribution in [2.24, 2.45) is 10.9 Å². The Bertz CT molecular complexity index is 369. The first-order valence-electron chi connectivity index (χ1n) is 7.95. The molecule has 0 aromatic rings. The van der Waals surface area contributed by atoms with Crippen LogP contribution in [0.15, 0.2) is 4.99 Å². The van der Waals surface area contributed by atoms with Crippen LogP contribution in [0.3, 0.4) is 0 Å². The lowest BCUT2D eigenvalue weighted by Gasteiger charge is -2.25. The van der Waals surface area contributed by atoms with Crippen molar-refractivity contribution in [3.8, 4) is 0 Å². The van der Waals surface area contributed by atoms with E-state index in [-0.39, 0.29) is 0 Å². The van der Waals surface area contributed by atoms with Crippen LogP contribution in [-0.4, -0.2) is 71.8 Å². The van der Waals surface area contributed by atoms with Gasteiger partial charge in [-0.1, -0.05) is 6.92 Å². The molecule has 2 aliphatic heterocycles. The predicted molar refractivity (Wildman–Crippen MR) is 91.1 cm³/mol. The highest BCUT2D eigenvalue weighted by atomic mass is 32.2. The number of guanidine groups is 1. The molecule has 0 aromatic heterocycles. The molecular weight excluding hydrogens is 284 g/mol. The molecule has 0 spiro atoms. The molecule has 0 saturated carbocycles. The van der Waals surface area contributed by atoms with Gasteiger partial charge in [-0.15, -0.1) is 0 Å². The van der Waals surface area contributed by atoms with E-state index in [1.165, 1.54) is 0 Å². The molecule has 0 bridgehead atoms. The third-order valence-electron chi connectivity index (χ3n) is 4.58. The van der Waals surface area contributed by atoms with E-state index >= 15 is 0 Å². The van der Waals surface area contributed by atoms with Gasteiger partial charge in [0.1, 0.15) is 0 Å². The first-order chi connectivity index (χ1) is 9.93. The maximum atomic E-state index is 10.4. The Morgan fingerprint density at radius 3 is 2.76 bits per heavy atom. The molecule has 2 heterocycles. The first kappa shape index (κ1) is 16.9. The molecule has 2 fully saturated rings. The molecule has 2 aliphatic rings. The van der Waals surface area contributed by atoms with Crippen LogP contribution in [0.5, 0.6) is 0 Å². The molecule has 3 atom stereocenters. The summed E-state index contributed by atoms with van der Waals surface area (Å²) in [4.78, 5) is 6.80. The summed E-state index contributed by atoms with van der Waals surface area (Å²) in [5.74, 6) is 3.28. The Balaban J connectivity index is 1.82. The molecule has 122 valence electrons. The Kier molecular flexibility index (Phi) is 5.80. The zero-order chi connectivity index (χ0) is 15.5. The lowest BCUT2D eigenvalue weighted by Crippen LogP contribution is -2.51. The van der Waals surface area contributed by atoms with Gasteiger partial charge >= 0.3 is 0 Å². The maximum Gasteiger partial charge on any atom is 0.191 e. The van der Waals surface area contributed by atoms with Gasteiger partial charge in [0.05, 0.1) is 5.60 Å². The SMILES string of the molecule is CN=C(NCC1(O)CCSC1)NC1CN(C(C)C)CC1C. The van der Waals surface area contributed by atoms with Crippen molar-refractivity contribution in [3.63, 3.8) is 0 Å². The van der Waals surface area contributed by atoms with Gasteiger partial charge in [-0.05, 0) is 31.9 Å². The van der Waals surface area contributed by atoms with Gasteiger partial charge in [-0.25, -0.2) is 0 Å². The zero-order valence-corrected chi connectivity index (χ0v) is 14.5. The molecule has 5 nitrogen and oxygen atoms in total. The van der Waals surface area contributed by atoms with Crippen molar-refractivity contribution in [2.45, 2.75) is 44.9 Å². The van der Waals surface area contributed by atoms with E-state index in [0.717, 1.165) is 37.0 Å². The van der Waals surface area contributed by atoms with E-state index in [1.807, 2.05) is 11.8 Å². The third kappa shape index (κ3) is 4.50. The van der Waals surface area contributed by atoms with Gasteiger partial charge in [0.25, 0.3) is 0 Å². The van der Waals surface area contributed by atoms with Crippen LogP contribution < -0.4 is 10.6 Å². The standard InChI is InChI=1S/C15H30N4OS/c1-11(2)19-7-12(3)13(8-19)18-14(16-4)17-9-15(20)5-6-21-10-15/h11-13,20H,5-10H2,1-4H3,(H2,16,17,18). The largest absolute Gasteiger partial charge is 0.387 e. The van der Waals surface area contributed by atoms with E-state index in [1.54, 1.807) is 7.05 Å². The smallest absolute Gasteiger partial charge is 0.191 e. The van der Waals surface area contributed by atoms with Crippen molar-refractivity contribution in [3.05, 3.63) is 0 Å². The number of aliphatic imine (C=N–C) groups is 1. The van der Waals surface area contributed by atoms with E-state index < -0.39 is 5.60 Å². The fraction of sp³-hybridized carbons (Fsp3) is 0.933. The summed E-state index contributed by atoms with van der Waals surface area (Å²) in [6.07, 6.45) is 0.864. The molecule has 0 amide bonds. The topological polar surface area (TPSA) is 59.9 Å². The average molecular weight is 314 g/mol. The van der Waals surface area contributed by atoms with Crippen LogP contribution in [-0.2, 0) is 0 Å². The van der Waals surface area contributed by atoms with Crippen LogP contribution in [0.1, 0.15) is 27.2 Å². The summed E-state index contributed by atoms with van der Waals surface area (Å²) in [5.41, 5.74) is -0.576. The number of nitrogens with one attached hydrogen (secondary N) is 2. The first-order valence-corrected chi connectivity index (χ1v) is 9.10. The summed E-state index contributed by atoms with van der Waals surface area (Å²) in [6.45, 7) is 9.54. The van der Waals surface area contributed by atoms with E-state index in [0.29, 0.717) is 24.5 Å². The van der Waals surface area contributed by atoms with Gasteiger partial charge in [0.2, 0.25) is 0 Å². The highest BCUT2D eigenvalue weighted by Crippen LogP contribution is 2.27. The fourth-order valence-electron chi connectivity index (χ4n) is 2.97. The summed E-state index contributed by atoms with van der Waals surface area (Å²) < 4.78 is 0. The minimum atomic E-state index is -0.576. The summed E-state index contributed by atoms with van der Waals surface area (Å²) in [7, 11) is 1.79. The van der Waals surface area contributed by atoms with Crippen LogP contribution in [0.2, 0.25) is 0 Å². The molecular formula is C15H30N4OS. The number of hydrogen-bond acceptors (Lipinski definition) is 4. The molecule has 0 radical (unpaired) electrons. The molecule has 6 heteroatoms. The Labute approximate surface area is 133 Å². The van der Waals surface area contributed by atoms with E-state index in [4.69, 9.17) is 0 Å². The molecule has 0 aliphatic carbocycles. The lowest BCUT2D eigenvalue weighted by molar-refractivity contribution is 0.0723. The van der Waals surface area contributed by atoms with Gasteiger partial charge < -0.3 is 15.7 Å². The third-order valence-corrected chi connectivity index (χ3v) is 5.82. The number of likely N-dealkylation sites (tertiary alicyclic amines) is 1. The van der Waals surface area contributed by atoms with Crippen molar-refractivity contribution in [2.75, 3.05) is 38.2 Å². The molecule has 2 saturated heterocycles. The van der Waals surface area contributed by atoms with Crippen molar-refractivity contribution in [1.82, 2.24) is 15.5 Å². The predicted octanol–water partition coefficient (Wildman–Crippen LogP) is 0.748. The highest BCUT2D eigenvalue weighted by Gasteiger charge is 2.33. The molecule has 3 N–H and O–H groups in total. The number of nitrogens with zero attached hydrogens (tertiary/aromatic N) is 2. The molecule has 21 heavy (non-hydrogen) atoms. The maximum absolute atomic E-state index is 10.4. The number of thioether (sulfide) groups is 1. The highest BCUT2D eigenvalue weighted by molar-refractivity contribution is 7.99. The van der Waals surface area contributed by atoms with Crippen molar-refractivity contribution < 1.29 is 5.11 Å². The Morgan fingerprint density at radius 1 is 1.48 bits per heavy atom. The quantitative estimate of drug-likeness (QED) is 0.528. The average Bonchev–Trinajstić information content (AvgIpc) is 3.02. The normalized spacial score (nSPS) is 34.7. The zero-order valence-electron chi connectivity index (χ0n) is 13.7. The Morgan fingerprint density at radius 2 is 2.24 bits per heavy atom. The van der Waals surface area contributed by atoms with Gasteiger partial charge in [0, 0.05) is 44.5 Å². The lowest BCUT2D eigenvalue weighted by atomic mass is 10.0. The second-order valence-electron chi connectivity index (χ2n) is 6.73. The van der Waals surface area contributed by atoms with Gasteiger partial charge in [0.15, 0.2) is 5.96 Å². The summed E-state index contributed by atoms with van der Waals surface area (Å²) in [5, 5.41) is 17.2. The summed E-state index contributed by atoms with van der Waals surface area (Å²) in [6, 6.07) is 1.01. The van der Waals surface area contributed by atoms with Gasteiger partial charge in [-0.3, -0.25) is 9.89 Å². The minimum absolute atomic E-state index is 0.422. The van der Waals surface area contributed by atoms with Crippen molar-refractivity contribution in [1.29, 1.82) is 0 Å². The number of aliphatic hydroxyl groups is 1. The monoisotopic (exact) mass is 314 g/mol. The minimum Gasteiger partial charge on any atom is -0.387 e. The number of hydrogen-bond donors (Lipinski definition) is 3. The molecule has 0 aromatic carbocycles. The van der Waals surface area contributed by atoms with E-state index in [2.05, 4.69) is 41.3 Å². The Hall–Kier alpha value is -0.460. The summed E-state index contributed by atoms with van der Waals surface area (Å²) >= 11 is 1.82. The number of rotatable bonds is 4. The van der Waals surface area contributed by atoms with E-state index in [9.17, 15) is 5.11 Å². The second-order valence-corrected chi connectivity index (χ2v) is 7.83. The second kappa shape index (κ2) is 7.20. The van der Waals surface area contributed by atoms with Crippen LogP contribution in [0, 0.1) is 5.92 Å². The fourth-order valence-corrected chi connectivity index (χ4v) is 4.26. The van der Waals surface area contributed by atoms with Crippen LogP contribution in [0.25, 0.3) is 0 Å². The van der Waals surface area contributed by atoms with Gasteiger partial charge in [-0.2, -0.15) is 11.8 Å². The van der Waals surface area contributed by atoms with Crippen LogP contribution >= 0.6 is 11.8 Å².